The van der Waals surface area contributed by atoms with Gasteiger partial charge in [0.2, 0.25) is 0 Å². The summed E-state index contributed by atoms with van der Waals surface area (Å²) in [5.74, 6) is 1.05. The number of fused-ring (bicyclic) bond motifs is 1. The van der Waals surface area contributed by atoms with Gasteiger partial charge in [-0.15, -0.1) is 11.3 Å². The number of aromatic nitrogens is 2. The molecule has 3 rings (SSSR count). The average Bonchev–Trinajstić information content (AvgIpc) is 2.96. The van der Waals surface area contributed by atoms with Crippen molar-refractivity contribution in [3.8, 4) is 0 Å². The van der Waals surface area contributed by atoms with Crippen LogP contribution < -0.4 is 5.32 Å². The SMILES string of the molecule is Cn1c(CNCc2ccc(Cl)s2)nc2ccccc21. The summed E-state index contributed by atoms with van der Waals surface area (Å²) in [5.41, 5.74) is 2.21. The summed E-state index contributed by atoms with van der Waals surface area (Å²) >= 11 is 7.52. The Labute approximate surface area is 120 Å². The number of hydrogen-bond acceptors (Lipinski definition) is 3. The van der Waals surface area contributed by atoms with E-state index in [4.69, 9.17) is 11.6 Å². The Morgan fingerprint density at radius 1 is 1.21 bits per heavy atom. The van der Waals surface area contributed by atoms with Crippen LogP contribution in [0.1, 0.15) is 10.7 Å². The Balaban J connectivity index is 1.70. The molecule has 0 spiro atoms. The summed E-state index contributed by atoms with van der Waals surface area (Å²) in [7, 11) is 2.05. The molecule has 1 N–H and O–H groups in total. The van der Waals surface area contributed by atoms with Gasteiger partial charge in [0.1, 0.15) is 5.82 Å². The van der Waals surface area contributed by atoms with E-state index in [0.29, 0.717) is 0 Å². The molecular formula is C14H14ClN3S. The number of hydrogen-bond donors (Lipinski definition) is 1. The maximum Gasteiger partial charge on any atom is 0.123 e. The second kappa shape index (κ2) is 5.33. The fraction of sp³-hybridized carbons (Fsp3) is 0.214. The number of imidazole rings is 1. The van der Waals surface area contributed by atoms with Crippen molar-refractivity contribution in [2.45, 2.75) is 13.1 Å². The van der Waals surface area contributed by atoms with E-state index in [0.717, 1.165) is 28.8 Å². The Morgan fingerprint density at radius 3 is 2.79 bits per heavy atom. The lowest BCUT2D eigenvalue weighted by atomic mass is 10.3. The lowest BCUT2D eigenvalue weighted by molar-refractivity contribution is 0.648. The third-order valence-corrected chi connectivity index (χ3v) is 4.32. The van der Waals surface area contributed by atoms with Gasteiger partial charge in [-0.3, -0.25) is 0 Å². The van der Waals surface area contributed by atoms with Crippen LogP contribution in [-0.4, -0.2) is 9.55 Å². The van der Waals surface area contributed by atoms with Crippen molar-refractivity contribution in [1.29, 1.82) is 0 Å². The molecule has 3 nitrogen and oxygen atoms in total. The summed E-state index contributed by atoms with van der Waals surface area (Å²) in [6.45, 7) is 1.57. The molecule has 0 saturated heterocycles. The zero-order valence-corrected chi connectivity index (χ0v) is 12.1. The van der Waals surface area contributed by atoms with Crippen LogP contribution in [0.15, 0.2) is 36.4 Å². The maximum absolute atomic E-state index is 5.91. The summed E-state index contributed by atoms with van der Waals surface area (Å²) in [6.07, 6.45) is 0. The number of para-hydroxylation sites is 2. The van der Waals surface area contributed by atoms with Crippen LogP contribution in [0.5, 0.6) is 0 Å². The highest BCUT2D eigenvalue weighted by molar-refractivity contribution is 7.16. The van der Waals surface area contributed by atoms with E-state index in [9.17, 15) is 0 Å². The number of benzene rings is 1. The van der Waals surface area contributed by atoms with Gasteiger partial charge < -0.3 is 9.88 Å². The summed E-state index contributed by atoms with van der Waals surface area (Å²) in [5, 5.41) is 3.40. The van der Waals surface area contributed by atoms with Gasteiger partial charge in [-0.2, -0.15) is 0 Å². The van der Waals surface area contributed by atoms with E-state index in [-0.39, 0.29) is 0 Å². The number of aryl methyl sites for hydroxylation is 1. The van der Waals surface area contributed by atoms with Crippen LogP contribution in [0.4, 0.5) is 0 Å². The van der Waals surface area contributed by atoms with Gasteiger partial charge >= 0.3 is 0 Å². The van der Waals surface area contributed by atoms with Crippen LogP contribution in [-0.2, 0) is 20.1 Å². The summed E-state index contributed by atoms with van der Waals surface area (Å²) in [6, 6.07) is 12.2. The molecular weight excluding hydrogens is 278 g/mol. The predicted molar refractivity (Wildman–Crippen MR) is 80.6 cm³/mol. The van der Waals surface area contributed by atoms with Crippen LogP contribution in [0.3, 0.4) is 0 Å². The molecule has 0 bridgehead atoms. The summed E-state index contributed by atoms with van der Waals surface area (Å²) in [4.78, 5) is 5.87. The van der Waals surface area contributed by atoms with Crippen LogP contribution in [0.25, 0.3) is 11.0 Å². The van der Waals surface area contributed by atoms with Crippen LogP contribution in [0, 0.1) is 0 Å². The largest absolute Gasteiger partial charge is 0.330 e. The van der Waals surface area contributed by atoms with Crippen molar-refractivity contribution in [1.82, 2.24) is 14.9 Å². The fourth-order valence-electron chi connectivity index (χ4n) is 2.10. The molecule has 0 aliphatic rings. The molecule has 5 heteroatoms. The molecule has 0 fully saturated rings. The Kier molecular flexibility index (Phi) is 3.55. The van der Waals surface area contributed by atoms with E-state index in [1.807, 2.05) is 31.3 Å². The lowest BCUT2D eigenvalue weighted by Gasteiger charge is -2.03. The van der Waals surface area contributed by atoms with E-state index >= 15 is 0 Å². The van der Waals surface area contributed by atoms with Crippen molar-refractivity contribution in [3.63, 3.8) is 0 Å². The molecule has 1 aromatic carbocycles. The van der Waals surface area contributed by atoms with Gasteiger partial charge in [0, 0.05) is 18.5 Å². The molecule has 2 aromatic heterocycles. The van der Waals surface area contributed by atoms with Crippen LogP contribution >= 0.6 is 22.9 Å². The van der Waals surface area contributed by atoms with Gasteiger partial charge in [-0.1, -0.05) is 23.7 Å². The monoisotopic (exact) mass is 291 g/mol. The van der Waals surface area contributed by atoms with E-state index in [1.54, 1.807) is 11.3 Å². The molecule has 0 aliphatic heterocycles. The molecule has 2 heterocycles. The first-order valence-electron chi connectivity index (χ1n) is 6.09. The molecule has 3 aromatic rings. The zero-order chi connectivity index (χ0) is 13.2. The van der Waals surface area contributed by atoms with Gasteiger partial charge in [0.05, 0.1) is 21.9 Å². The first kappa shape index (κ1) is 12.7. The summed E-state index contributed by atoms with van der Waals surface area (Å²) < 4.78 is 2.96. The maximum atomic E-state index is 5.91. The van der Waals surface area contributed by atoms with E-state index in [2.05, 4.69) is 27.0 Å². The minimum absolute atomic E-state index is 0.751. The second-order valence-electron chi connectivity index (χ2n) is 4.39. The number of nitrogens with one attached hydrogen (secondary N) is 1. The van der Waals surface area contributed by atoms with Crippen molar-refractivity contribution in [2.75, 3.05) is 0 Å². The number of nitrogens with zero attached hydrogens (tertiary/aromatic N) is 2. The van der Waals surface area contributed by atoms with E-state index < -0.39 is 0 Å². The molecule has 98 valence electrons. The normalized spacial score (nSPS) is 11.3. The molecule has 0 amide bonds. The Morgan fingerprint density at radius 2 is 2.05 bits per heavy atom. The number of rotatable bonds is 4. The highest BCUT2D eigenvalue weighted by Gasteiger charge is 2.06. The first-order valence-corrected chi connectivity index (χ1v) is 7.29. The minimum atomic E-state index is 0.751. The molecule has 0 saturated carbocycles. The molecule has 0 aliphatic carbocycles. The average molecular weight is 292 g/mol. The number of halogens is 1. The van der Waals surface area contributed by atoms with Gasteiger partial charge in [-0.25, -0.2) is 4.98 Å². The van der Waals surface area contributed by atoms with Crippen LogP contribution in [0.2, 0.25) is 4.34 Å². The van der Waals surface area contributed by atoms with Gasteiger partial charge in [0.15, 0.2) is 0 Å². The van der Waals surface area contributed by atoms with E-state index in [1.165, 1.54) is 10.4 Å². The minimum Gasteiger partial charge on any atom is -0.330 e. The smallest absolute Gasteiger partial charge is 0.123 e. The zero-order valence-electron chi connectivity index (χ0n) is 10.6. The predicted octanol–water partition coefficient (Wildman–Crippen LogP) is 3.58. The number of thiophene rings is 1. The third kappa shape index (κ3) is 2.66. The van der Waals surface area contributed by atoms with Crippen molar-refractivity contribution in [2.24, 2.45) is 7.05 Å². The molecule has 19 heavy (non-hydrogen) atoms. The highest BCUT2D eigenvalue weighted by atomic mass is 35.5. The molecule has 0 atom stereocenters. The van der Waals surface area contributed by atoms with Crippen molar-refractivity contribution in [3.05, 3.63) is 51.4 Å². The Bertz CT molecular complexity index is 702. The first-order chi connectivity index (χ1) is 9.24. The lowest BCUT2D eigenvalue weighted by Crippen LogP contribution is -2.15. The fourth-order valence-corrected chi connectivity index (χ4v) is 3.15. The topological polar surface area (TPSA) is 29.9 Å². The van der Waals surface area contributed by atoms with Gasteiger partial charge in [-0.05, 0) is 24.3 Å². The third-order valence-electron chi connectivity index (χ3n) is 3.09. The van der Waals surface area contributed by atoms with Gasteiger partial charge in [0.25, 0.3) is 0 Å². The molecule has 0 unspecified atom stereocenters. The second-order valence-corrected chi connectivity index (χ2v) is 6.18. The molecule has 0 radical (unpaired) electrons. The standard InChI is InChI=1S/C14H14ClN3S/c1-18-12-5-3-2-4-11(12)17-14(18)9-16-8-10-6-7-13(15)19-10/h2-7,16H,8-9H2,1H3. The van der Waals surface area contributed by atoms with Crippen molar-refractivity contribution < 1.29 is 0 Å². The van der Waals surface area contributed by atoms with Crippen molar-refractivity contribution >= 4 is 34.0 Å². The quantitative estimate of drug-likeness (QED) is 0.796. The highest BCUT2D eigenvalue weighted by Crippen LogP contribution is 2.21. The Hall–Kier alpha value is -1.36.